The van der Waals surface area contributed by atoms with E-state index in [1.807, 2.05) is 0 Å². The second-order valence-electron chi connectivity index (χ2n) is 2.69. The summed E-state index contributed by atoms with van der Waals surface area (Å²) in [7, 11) is 1.31. The number of hydrogen-bond acceptors (Lipinski definition) is 3. The maximum Gasteiger partial charge on any atom is 0.409 e. The number of methoxy groups -OCH3 is 1. The number of hydrogen-bond donors (Lipinski definition) is 0. The van der Waals surface area contributed by atoms with Crippen molar-refractivity contribution in [2.45, 2.75) is 6.42 Å². The van der Waals surface area contributed by atoms with Gasteiger partial charge in [-0.3, -0.25) is 4.79 Å². The van der Waals surface area contributed by atoms with Gasteiger partial charge in [0.05, 0.1) is 13.7 Å². The molecule has 0 aromatic carbocycles. The number of nitrogens with zero attached hydrogens (tertiary/aromatic N) is 1. The molecule has 0 saturated heterocycles. The largest absolute Gasteiger partial charge is 0.453 e. The number of rotatable bonds is 1. The van der Waals surface area contributed by atoms with Crippen molar-refractivity contribution in [3.8, 4) is 0 Å². The lowest BCUT2D eigenvalue weighted by molar-refractivity contribution is -0.105. The Kier molecular flexibility index (Phi) is 3.31. The highest BCUT2D eigenvalue weighted by Gasteiger charge is 2.21. The molecule has 4 nitrogen and oxygen atoms in total. The van der Waals surface area contributed by atoms with Crippen LogP contribution in [0.25, 0.3) is 0 Å². The highest BCUT2D eigenvalue weighted by atomic mass is 35.5. The molecule has 0 atom stereocenters. The Morgan fingerprint density at radius 2 is 2.38 bits per heavy atom. The summed E-state index contributed by atoms with van der Waals surface area (Å²) in [6.45, 7) is 0.748. The minimum absolute atomic E-state index is 0.245. The van der Waals surface area contributed by atoms with Crippen molar-refractivity contribution in [2.24, 2.45) is 0 Å². The third kappa shape index (κ3) is 2.21. The highest BCUT2D eigenvalue weighted by molar-refractivity contribution is 6.31. The maximum atomic E-state index is 11.1. The molecule has 0 radical (unpaired) electrons. The van der Waals surface area contributed by atoms with Crippen molar-refractivity contribution in [3.63, 3.8) is 0 Å². The molecule has 0 unspecified atom stereocenters. The molecule has 0 fully saturated rings. The van der Waals surface area contributed by atoms with Crippen LogP contribution in [0.3, 0.4) is 0 Å². The van der Waals surface area contributed by atoms with Gasteiger partial charge >= 0.3 is 6.09 Å². The summed E-state index contributed by atoms with van der Waals surface area (Å²) in [5.41, 5.74) is 0.457. The summed E-state index contributed by atoms with van der Waals surface area (Å²) >= 11 is 5.77. The Morgan fingerprint density at radius 3 is 2.92 bits per heavy atom. The van der Waals surface area contributed by atoms with Gasteiger partial charge in [0.2, 0.25) is 0 Å². The lowest BCUT2D eigenvalue weighted by atomic mass is 10.1. The minimum Gasteiger partial charge on any atom is -0.453 e. The van der Waals surface area contributed by atoms with Crippen LogP contribution in [0.4, 0.5) is 4.79 Å². The minimum atomic E-state index is -0.427. The first-order chi connectivity index (χ1) is 6.19. The van der Waals surface area contributed by atoms with E-state index in [-0.39, 0.29) is 6.54 Å². The van der Waals surface area contributed by atoms with E-state index in [1.165, 1.54) is 12.0 Å². The fourth-order valence-electron chi connectivity index (χ4n) is 1.15. The van der Waals surface area contributed by atoms with E-state index < -0.39 is 6.09 Å². The molecule has 1 heterocycles. The molecule has 0 aliphatic carbocycles. The molecule has 1 aliphatic heterocycles. The van der Waals surface area contributed by atoms with Crippen LogP contribution in [-0.2, 0) is 9.53 Å². The zero-order chi connectivity index (χ0) is 9.84. The van der Waals surface area contributed by atoms with E-state index >= 15 is 0 Å². The average molecular weight is 204 g/mol. The Bertz CT molecular complexity index is 262. The zero-order valence-electron chi connectivity index (χ0n) is 7.25. The molecular weight excluding hydrogens is 194 g/mol. The molecule has 1 amide bonds. The molecule has 0 N–H and O–H groups in total. The zero-order valence-corrected chi connectivity index (χ0v) is 8.00. The Balaban J connectivity index is 2.69. The van der Waals surface area contributed by atoms with Crippen molar-refractivity contribution < 1.29 is 14.3 Å². The van der Waals surface area contributed by atoms with Crippen molar-refractivity contribution in [1.29, 1.82) is 0 Å². The van der Waals surface area contributed by atoms with Crippen LogP contribution in [0.2, 0.25) is 0 Å². The second kappa shape index (κ2) is 4.28. The van der Waals surface area contributed by atoms with Crippen LogP contribution in [0.15, 0.2) is 10.6 Å². The van der Waals surface area contributed by atoms with Gasteiger partial charge in [0, 0.05) is 23.6 Å². The van der Waals surface area contributed by atoms with E-state index in [9.17, 15) is 9.59 Å². The summed E-state index contributed by atoms with van der Waals surface area (Å²) in [4.78, 5) is 23.0. The molecule has 1 aliphatic rings. The van der Waals surface area contributed by atoms with E-state index in [0.717, 1.165) is 0 Å². The average Bonchev–Trinajstić information content (AvgIpc) is 2.17. The van der Waals surface area contributed by atoms with Gasteiger partial charge in [0.1, 0.15) is 6.29 Å². The van der Waals surface area contributed by atoms with Gasteiger partial charge in [-0.1, -0.05) is 11.6 Å². The van der Waals surface area contributed by atoms with Crippen LogP contribution in [0.5, 0.6) is 0 Å². The molecule has 5 heteroatoms. The summed E-state index contributed by atoms with van der Waals surface area (Å²) in [5, 5.41) is 0.537. The van der Waals surface area contributed by atoms with Gasteiger partial charge in [-0.2, -0.15) is 0 Å². The first-order valence-corrected chi connectivity index (χ1v) is 4.22. The monoisotopic (exact) mass is 203 g/mol. The highest BCUT2D eigenvalue weighted by Crippen LogP contribution is 2.19. The summed E-state index contributed by atoms with van der Waals surface area (Å²) < 4.78 is 4.52. The van der Waals surface area contributed by atoms with Gasteiger partial charge in [0.15, 0.2) is 0 Å². The van der Waals surface area contributed by atoms with Crippen LogP contribution in [0, 0.1) is 0 Å². The maximum absolute atomic E-state index is 11.1. The SMILES string of the molecule is COC(=O)N1CCC(Cl)=C(C=O)C1. The third-order valence-corrected chi connectivity index (χ3v) is 2.32. The molecule has 0 spiro atoms. The fraction of sp³-hybridized carbons (Fsp3) is 0.500. The Hall–Kier alpha value is -1.03. The lowest BCUT2D eigenvalue weighted by Gasteiger charge is -2.25. The quantitative estimate of drug-likeness (QED) is 0.601. The molecule has 0 bridgehead atoms. The van der Waals surface area contributed by atoms with Crippen LogP contribution < -0.4 is 0 Å². The normalized spacial score (nSPS) is 17.2. The number of carbonyl (C=O) groups excluding carboxylic acids is 2. The summed E-state index contributed by atoms with van der Waals surface area (Å²) in [5.74, 6) is 0. The van der Waals surface area contributed by atoms with Gasteiger partial charge < -0.3 is 9.64 Å². The summed E-state index contributed by atoms with van der Waals surface area (Å²) in [6, 6.07) is 0. The van der Waals surface area contributed by atoms with E-state index in [0.29, 0.717) is 29.9 Å². The van der Waals surface area contributed by atoms with E-state index in [1.54, 1.807) is 0 Å². The molecule has 0 aromatic heterocycles. The molecule has 0 aromatic rings. The number of amides is 1. The molecule has 13 heavy (non-hydrogen) atoms. The van der Waals surface area contributed by atoms with Crippen molar-refractivity contribution in [1.82, 2.24) is 4.90 Å². The third-order valence-electron chi connectivity index (χ3n) is 1.89. The molecule has 1 rings (SSSR count). The number of ether oxygens (including phenoxy) is 1. The Morgan fingerprint density at radius 1 is 1.69 bits per heavy atom. The second-order valence-corrected chi connectivity index (χ2v) is 3.15. The van der Waals surface area contributed by atoms with Crippen molar-refractivity contribution in [2.75, 3.05) is 20.2 Å². The summed E-state index contributed by atoms with van der Waals surface area (Å²) in [6.07, 6.45) is 0.769. The topological polar surface area (TPSA) is 46.6 Å². The van der Waals surface area contributed by atoms with Gasteiger partial charge in [0.25, 0.3) is 0 Å². The van der Waals surface area contributed by atoms with E-state index in [4.69, 9.17) is 11.6 Å². The lowest BCUT2D eigenvalue weighted by Crippen LogP contribution is -2.36. The fourth-order valence-corrected chi connectivity index (χ4v) is 1.34. The van der Waals surface area contributed by atoms with Crippen LogP contribution >= 0.6 is 11.6 Å². The van der Waals surface area contributed by atoms with Gasteiger partial charge in [-0.15, -0.1) is 0 Å². The Labute approximate surface area is 81.1 Å². The predicted molar refractivity (Wildman–Crippen MR) is 47.5 cm³/mol. The molecule has 0 saturated carbocycles. The number of aldehydes is 1. The van der Waals surface area contributed by atoms with Crippen molar-refractivity contribution in [3.05, 3.63) is 10.6 Å². The first kappa shape index (κ1) is 10.1. The smallest absolute Gasteiger partial charge is 0.409 e. The van der Waals surface area contributed by atoms with Crippen LogP contribution in [-0.4, -0.2) is 37.5 Å². The molecule has 72 valence electrons. The van der Waals surface area contributed by atoms with Gasteiger partial charge in [-0.25, -0.2) is 4.79 Å². The van der Waals surface area contributed by atoms with Crippen LogP contribution in [0.1, 0.15) is 6.42 Å². The standard InChI is InChI=1S/C8H10ClNO3/c1-13-8(12)10-3-2-7(9)6(4-10)5-11/h5H,2-4H2,1H3. The number of carbonyl (C=O) groups is 2. The number of halogens is 1. The predicted octanol–water partition coefficient (Wildman–Crippen LogP) is 1.15. The first-order valence-electron chi connectivity index (χ1n) is 3.84. The molecular formula is C8H10ClNO3. The van der Waals surface area contributed by atoms with Gasteiger partial charge in [-0.05, 0) is 0 Å². The van der Waals surface area contributed by atoms with E-state index in [2.05, 4.69) is 4.74 Å². The van der Waals surface area contributed by atoms with Crippen molar-refractivity contribution >= 4 is 24.0 Å².